The summed E-state index contributed by atoms with van der Waals surface area (Å²) in [4.78, 5) is 12.0. The van der Waals surface area contributed by atoms with Crippen molar-refractivity contribution in [2.24, 2.45) is 0 Å². The Kier molecular flexibility index (Phi) is 2.88. The quantitative estimate of drug-likeness (QED) is 0.613. The van der Waals surface area contributed by atoms with Gasteiger partial charge in [-0.2, -0.15) is 0 Å². The first kappa shape index (κ1) is 12.0. The largest absolute Gasteiger partial charge is 0.422 e. The van der Waals surface area contributed by atoms with Crippen molar-refractivity contribution in [2.75, 3.05) is 0 Å². The molecule has 0 radical (unpaired) electrons. The van der Waals surface area contributed by atoms with Crippen LogP contribution >= 0.6 is 11.6 Å². The van der Waals surface area contributed by atoms with E-state index >= 15 is 0 Å². The molecule has 2 aromatic carbocycles. The van der Waals surface area contributed by atoms with Crippen LogP contribution in [0.4, 0.5) is 0 Å². The average molecular weight is 271 g/mol. The lowest BCUT2D eigenvalue weighted by atomic mass is 10.1. The monoisotopic (exact) mass is 270 g/mol. The fourth-order valence-electron chi connectivity index (χ4n) is 2.05. The van der Waals surface area contributed by atoms with E-state index in [4.69, 9.17) is 16.0 Å². The highest BCUT2D eigenvalue weighted by molar-refractivity contribution is 6.30. The number of benzene rings is 2. The van der Waals surface area contributed by atoms with E-state index in [2.05, 4.69) is 0 Å². The molecule has 0 N–H and O–H groups in total. The number of rotatable bonds is 1. The van der Waals surface area contributed by atoms with Crippen molar-refractivity contribution < 1.29 is 4.42 Å². The third kappa shape index (κ3) is 2.27. The van der Waals surface area contributed by atoms with Crippen molar-refractivity contribution in [1.29, 1.82) is 0 Å². The molecular weight excluding hydrogens is 260 g/mol. The van der Waals surface area contributed by atoms with Crippen LogP contribution < -0.4 is 5.63 Å². The molecule has 3 aromatic rings. The summed E-state index contributed by atoms with van der Waals surface area (Å²) < 4.78 is 5.37. The van der Waals surface area contributed by atoms with Gasteiger partial charge in [0, 0.05) is 10.4 Å². The van der Waals surface area contributed by atoms with E-state index in [0.717, 1.165) is 16.5 Å². The van der Waals surface area contributed by atoms with Crippen LogP contribution in [-0.2, 0) is 0 Å². The van der Waals surface area contributed by atoms with E-state index in [9.17, 15) is 4.79 Å². The Balaban J connectivity index is 2.24. The summed E-state index contributed by atoms with van der Waals surface area (Å²) >= 11 is 5.85. The van der Waals surface area contributed by atoms with Gasteiger partial charge in [-0.15, -0.1) is 0 Å². The summed E-state index contributed by atoms with van der Waals surface area (Å²) in [6.45, 7) is 1.96. The first-order chi connectivity index (χ1) is 9.13. The Bertz CT molecular complexity index is 801. The van der Waals surface area contributed by atoms with Crippen LogP contribution in [-0.4, -0.2) is 0 Å². The first-order valence-electron chi connectivity index (χ1n) is 5.94. The van der Waals surface area contributed by atoms with Gasteiger partial charge in [-0.25, -0.2) is 4.79 Å². The van der Waals surface area contributed by atoms with Crippen molar-refractivity contribution in [1.82, 2.24) is 0 Å². The van der Waals surface area contributed by atoms with Crippen LogP contribution in [0.3, 0.4) is 0 Å². The van der Waals surface area contributed by atoms with Crippen LogP contribution in [0.15, 0.2) is 57.7 Å². The molecule has 1 aromatic heterocycles. The summed E-state index contributed by atoms with van der Waals surface area (Å²) in [6, 6.07) is 14.8. The van der Waals surface area contributed by atoms with E-state index in [1.54, 1.807) is 12.1 Å². The van der Waals surface area contributed by atoms with Crippen LogP contribution in [0.5, 0.6) is 0 Å². The molecule has 0 aliphatic heterocycles. The average Bonchev–Trinajstić information content (AvgIpc) is 2.39. The van der Waals surface area contributed by atoms with Gasteiger partial charge >= 0.3 is 5.63 Å². The summed E-state index contributed by atoms with van der Waals surface area (Å²) in [5, 5.41) is 1.56. The Morgan fingerprint density at radius 2 is 1.74 bits per heavy atom. The molecule has 2 nitrogen and oxygen atoms in total. The smallest absolute Gasteiger partial charge is 0.344 e. The zero-order valence-electron chi connectivity index (χ0n) is 10.3. The van der Waals surface area contributed by atoms with Gasteiger partial charge in [0.15, 0.2) is 0 Å². The van der Waals surface area contributed by atoms with E-state index in [0.29, 0.717) is 16.2 Å². The summed E-state index contributed by atoms with van der Waals surface area (Å²) in [5.74, 6) is 0. The lowest BCUT2D eigenvalue weighted by molar-refractivity contribution is 0.563. The molecule has 0 aliphatic carbocycles. The molecule has 0 saturated heterocycles. The minimum atomic E-state index is -0.333. The van der Waals surface area contributed by atoms with Gasteiger partial charge in [0.1, 0.15) is 5.58 Å². The van der Waals surface area contributed by atoms with E-state index in [1.165, 1.54) is 0 Å². The molecule has 3 rings (SSSR count). The summed E-state index contributed by atoms with van der Waals surface area (Å²) in [5.41, 5.74) is 2.70. The van der Waals surface area contributed by atoms with E-state index in [1.807, 2.05) is 43.3 Å². The highest BCUT2D eigenvalue weighted by atomic mass is 35.5. The van der Waals surface area contributed by atoms with Gasteiger partial charge < -0.3 is 4.42 Å². The highest BCUT2D eigenvalue weighted by Crippen LogP contribution is 2.23. The molecule has 0 amide bonds. The van der Waals surface area contributed by atoms with Crippen LogP contribution in [0.25, 0.3) is 22.1 Å². The third-order valence-corrected chi connectivity index (χ3v) is 3.30. The SMILES string of the molecule is Cc1ccc2cc(-c3ccc(Cl)cc3)c(=O)oc2c1. The maximum Gasteiger partial charge on any atom is 0.344 e. The predicted octanol–water partition coefficient (Wildman–Crippen LogP) is 4.42. The second-order valence-electron chi connectivity index (χ2n) is 4.50. The second kappa shape index (κ2) is 4.56. The normalized spacial score (nSPS) is 10.8. The minimum Gasteiger partial charge on any atom is -0.422 e. The number of halogens is 1. The lowest BCUT2D eigenvalue weighted by Gasteiger charge is -2.03. The molecule has 0 atom stereocenters. The third-order valence-electron chi connectivity index (χ3n) is 3.05. The van der Waals surface area contributed by atoms with Gasteiger partial charge in [-0.3, -0.25) is 0 Å². The lowest BCUT2D eigenvalue weighted by Crippen LogP contribution is -2.02. The molecule has 0 aliphatic rings. The molecular formula is C16H11ClO2. The van der Waals surface area contributed by atoms with Crippen molar-refractivity contribution in [3.8, 4) is 11.1 Å². The number of hydrogen-bond acceptors (Lipinski definition) is 2. The van der Waals surface area contributed by atoms with Crippen molar-refractivity contribution in [2.45, 2.75) is 6.92 Å². The Labute approximate surface area is 115 Å². The number of fused-ring (bicyclic) bond motifs is 1. The first-order valence-corrected chi connectivity index (χ1v) is 6.32. The van der Waals surface area contributed by atoms with Crippen LogP contribution in [0, 0.1) is 6.92 Å². The van der Waals surface area contributed by atoms with E-state index < -0.39 is 0 Å². The highest BCUT2D eigenvalue weighted by Gasteiger charge is 2.07. The maximum absolute atomic E-state index is 12.0. The van der Waals surface area contributed by atoms with Gasteiger partial charge in [0.2, 0.25) is 0 Å². The topological polar surface area (TPSA) is 30.2 Å². The molecule has 0 unspecified atom stereocenters. The Hall–Kier alpha value is -2.06. The molecule has 3 heteroatoms. The van der Waals surface area contributed by atoms with Crippen molar-refractivity contribution >= 4 is 22.6 Å². The summed E-state index contributed by atoms with van der Waals surface area (Å²) in [6.07, 6.45) is 0. The van der Waals surface area contributed by atoms with Gasteiger partial charge in [-0.1, -0.05) is 35.9 Å². The molecule has 94 valence electrons. The fraction of sp³-hybridized carbons (Fsp3) is 0.0625. The zero-order valence-corrected chi connectivity index (χ0v) is 11.1. The maximum atomic E-state index is 12.0. The molecule has 0 fully saturated rings. The number of aryl methyl sites for hydroxylation is 1. The predicted molar refractivity (Wildman–Crippen MR) is 77.7 cm³/mol. The second-order valence-corrected chi connectivity index (χ2v) is 4.93. The fourth-order valence-corrected chi connectivity index (χ4v) is 2.18. The molecule has 0 spiro atoms. The standard InChI is InChI=1S/C16H11ClO2/c1-10-2-3-12-9-14(16(18)19-15(12)8-10)11-4-6-13(17)7-5-11/h2-9H,1H3. The van der Waals surface area contributed by atoms with E-state index in [-0.39, 0.29) is 5.63 Å². The number of hydrogen-bond donors (Lipinski definition) is 0. The molecule has 19 heavy (non-hydrogen) atoms. The zero-order chi connectivity index (χ0) is 13.4. The Morgan fingerprint density at radius 3 is 2.47 bits per heavy atom. The van der Waals surface area contributed by atoms with Crippen molar-refractivity contribution in [3.05, 3.63) is 69.5 Å². The Morgan fingerprint density at radius 1 is 1.00 bits per heavy atom. The minimum absolute atomic E-state index is 0.333. The molecule has 1 heterocycles. The van der Waals surface area contributed by atoms with Crippen LogP contribution in [0.2, 0.25) is 5.02 Å². The molecule has 0 bridgehead atoms. The molecule has 0 saturated carbocycles. The summed E-state index contributed by atoms with van der Waals surface area (Å²) in [7, 11) is 0. The van der Waals surface area contributed by atoms with Crippen LogP contribution in [0.1, 0.15) is 5.56 Å². The van der Waals surface area contributed by atoms with Crippen molar-refractivity contribution in [3.63, 3.8) is 0 Å². The van der Waals surface area contributed by atoms with Gasteiger partial charge in [0.05, 0.1) is 5.56 Å². The van der Waals surface area contributed by atoms with Gasteiger partial charge in [0.25, 0.3) is 0 Å². The van der Waals surface area contributed by atoms with Gasteiger partial charge in [-0.05, 0) is 42.3 Å².